The van der Waals surface area contributed by atoms with Gasteiger partial charge in [0.1, 0.15) is 5.25 Å². The number of aromatic amines is 1. The molecule has 0 aliphatic rings. The van der Waals surface area contributed by atoms with Gasteiger partial charge < -0.3 is 10.3 Å². The number of hydrogen-bond donors (Lipinski definition) is 3. The highest BCUT2D eigenvalue weighted by Crippen LogP contribution is 2.33. The molecule has 0 bridgehead atoms. The minimum Gasteiger partial charge on any atom is -0.341 e. The molecule has 25 heavy (non-hydrogen) atoms. The molecule has 1 heterocycles. The maximum Gasteiger partial charge on any atom is 0.321 e. The summed E-state index contributed by atoms with van der Waals surface area (Å²) in [7, 11) is 1.43. The van der Waals surface area contributed by atoms with E-state index >= 15 is 0 Å². The van der Waals surface area contributed by atoms with Gasteiger partial charge in [0.15, 0.2) is 5.16 Å². The van der Waals surface area contributed by atoms with E-state index in [4.69, 9.17) is 0 Å². The Hall–Kier alpha value is -2.61. The zero-order chi connectivity index (χ0) is 18.2. The third-order valence-electron chi connectivity index (χ3n) is 3.31. The lowest BCUT2D eigenvalue weighted by Crippen LogP contribution is -2.39. The van der Waals surface area contributed by atoms with Crippen molar-refractivity contribution < 1.29 is 9.59 Å². The molecule has 8 heteroatoms. The SMILES string of the molecule is CCCc1cc(=O)[nH]c(S[C@@H](C(=O)NC(=O)NC)c2ccccc2)n1. The predicted molar refractivity (Wildman–Crippen MR) is 96.5 cm³/mol. The second-order valence-corrected chi connectivity index (χ2v) is 6.36. The van der Waals surface area contributed by atoms with E-state index in [2.05, 4.69) is 20.6 Å². The molecule has 0 aliphatic carbocycles. The fraction of sp³-hybridized carbons (Fsp3) is 0.294. The Kier molecular flexibility index (Phi) is 6.76. The van der Waals surface area contributed by atoms with E-state index in [-0.39, 0.29) is 5.56 Å². The van der Waals surface area contributed by atoms with Crippen molar-refractivity contribution in [3.8, 4) is 0 Å². The number of rotatable bonds is 6. The molecule has 1 atom stereocenters. The molecule has 7 nitrogen and oxygen atoms in total. The first kappa shape index (κ1) is 18.7. The Bertz CT molecular complexity index is 792. The van der Waals surface area contributed by atoms with Crippen LogP contribution >= 0.6 is 11.8 Å². The van der Waals surface area contributed by atoms with Crippen LogP contribution < -0.4 is 16.2 Å². The molecule has 0 saturated heterocycles. The molecule has 1 aromatic heterocycles. The van der Waals surface area contributed by atoms with Crippen molar-refractivity contribution >= 4 is 23.7 Å². The van der Waals surface area contributed by atoms with Crippen LogP contribution in [0.2, 0.25) is 0 Å². The maximum atomic E-state index is 12.5. The van der Waals surface area contributed by atoms with Gasteiger partial charge in [-0.25, -0.2) is 9.78 Å². The quantitative estimate of drug-likeness (QED) is 0.540. The summed E-state index contributed by atoms with van der Waals surface area (Å²) in [5.41, 5.74) is 1.11. The Morgan fingerprint density at radius 2 is 2.00 bits per heavy atom. The molecule has 0 unspecified atom stereocenters. The number of urea groups is 1. The minimum absolute atomic E-state index is 0.264. The van der Waals surface area contributed by atoms with E-state index < -0.39 is 17.2 Å². The molecule has 0 spiro atoms. The van der Waals surface area contributed by atoms with E-state index in [1.54, 1.807) is 24.3 Å². The summed E-state index contributed by atoms with van der Waals surface area (Å²) in [4.78, 5) is 42.8. The van der Waals surface area contributed by atoms with Gasteiger partial charge in [0.2, 0.25) is 5.91 Å². The van der Waals surface area contributed by atoms with Gasteiger partial charge in [-0.3, -0.25) is 14.9 Å². The summed E-state index contributed by atoms with van der Waals surface area (Å²) in [5.74, 6) is -0.487. The van der Waals surface area contributed by atoms with Crippen molar-refractivity contribution in [2.24, 2.45) is 0 Å². The van der Waals surface area contributed by atoms with Crippen molar-refractivity contribution in [1.29, 1.82) is 0 Å². The van der Waals surface area contributed by atoms with E-state index in [0.29, 0.717) is 22.8 Å². The normalized spacial score (nSPS) is 11.6. The lowest BCUT2D eigenvalue weighted by molar-refractivity contribution is -0.119. The molecular weight excluding hydrogens is 340 g/mol. The van der Waals surface area contributed by atoms with E-state index in [9.17, 15) is 14.4 Å². The second kappa shape index (κ2) is 9.03. The van der Waals surface area contributed by atoms with Crippen LogP contribution in [0.25, 0.3) is 0 Å². The number of nitrogens with zero attached hydrogens (tertiary/aromatic N) is 1. The fourth-order valence-electron chi connectivity index (χ4n) is 2.18. The van der Waals surface area contributed by atoms with Crippen molar-refractivity contribution in [3.63, 3.8) is 0 Å². The molecule has 3 amide bonds. The number of carbonyl (C=O) groups excluding carboxylic acids is 2. The first-order valence-corrected chi connectivity index (χ1v) is 8.76. The number of thioether (sulfide) groups is 1. The van der Waals surface area contributed by atoms with Gasteiger partial charge in [-0.1, -0.05) is 55.4 Å². The summed E-state index contributed by atoms with van der Waals surface area (Å²) in [5, 5.41) is 4.24. The first-order chi connectivity index (χ1) is 12.0. The lowest BCUT2D eigenvalue weighted by atomic mass is 10.1. The van der Waals surface area contributed by atoms with Crippen LogP contribution in [0.1, 0.15) is 29.9 Å². The van der Waals surface area contributed by atoms with Crippen molar-refractivity contribution in [2.45, 2.75) is 30.2 Å². The highest BCUT2D eigenvalue weighted by Gasteiger charge is 2.24. The number of hydrogen-bond acceptors (Lipinski definition) is 5. The van der Waals surface area contributed by atoms with E-state index in [1.165, 1.54) is 13.1 Å². The Balaban J connectivity index is 2.32. The van der Waals surface area contributed by atoms with E-state index in [0.717, 1.165) is 18.2 Å². The molecule has 0 fully saturated rings. The summed E-state index contributed by atoms with van der Waals surface area (Å²) in [6.07, 6.45) is 1.54. The minimum atomic E-state index is -0.724. The number of aromatic nitrogens is 2. The number of nitrogens with one attached hydrogen (secondary N) is 3. The number of H-pyrrole nitrogens is 1. The van der Waals surface area contributed by atoms with Gasteiger partial charge in [-0.05, 0) is 12.0 Å². The number of aryl methyl sites for hydroxylation is 1. The standard InChI is InChI=1S/C17H20N4O3S/c1-3-7-12-10-13(22)20-17(19-12)25-14(11-8-5-4-6-9-11)15(23)21-16(24)18-2/h4-6,8-10,14H,3,7H2,1-2H3,(H,19,20,22)(H2,18,21,23,24)/t14-/m1/s1. The van der Waals surface area contributed by atoms with Crippen LogP contribution in [0.4, 0.5) is 4.79 Å². The molecule has 0 saturated carbocycles. The molecular formula is C17H20N4O3S. The van der Waals surface area contributed by atoms with Crippen molar-refractivity contribution in [1.82, 2.24) is 20.6 Å². The molecule has 0 radical (unpaired) electrons. The summed E-state index contributed by atoms with van der Waals surface area (Å²) >= 11 is 1.10. The highest BCUT2D eigenvalue weighted by molar-refractivity contribution is 8.00. The van der Waals surface area contributed by atoms with Crippen LogP contribution in [0.15, 0.2) is 46.3 Å². The van der Waals surface area contributed by atoms with Gasteiger partial charge in [0, 0.05) is 18.8 Å². The Labute approximate surface area is 149 Å². The summed E-state index contributed by atoms with van der Waals surface area (Å²) < 4.78 is 0. The predicted octanol–water partition coefficient (Wildman–Crippen LogP) is 2.01. The Morgan fingerprint density at radius 1 is 1.28 bits per heavy atom. The van der Waals surface area contributed by atoms with Gasteiger partial charge in [-0.15, -0.1) is 0 Å². The van der Waals surface area contributed by atoms with Crippen LogP contribution in [0.3, 0.4) is 0 Å². The largest absolute Gasteiger partial charge is 0.341 e. The smallest absolute Gasteiger partial charge is 0.321 e. The molecule has 2 rings (SSSR count). The second-order valence-electron chi connectivity index (χ2n) is 5.27. The summed E-state index contributed by atoms with van der Waals surface area (Å²) in [6, 6.07) is 9.89. The van der Waals surface area contributed by atoms with Crippen LogP contribution in [-0.4, -0.2) is 29.0 Å². The summed E-state index contributed by atoms with van der Waals surface area (Å²) in [6.45, 7) is 2.00. The third-order valence-corrected chi connectivity index (χ3v) is 4.45. The number of imide groups is 1. The first-order valence-electron chi connectivity index (χ1n) is 7.88. The number of carbonyl (C=O) groups is 2. The zero-order valence-corrected chi connectivity index (χ0v) is 14.9. The van der Waals surface area contributed by atoms with Crippen LogP contribution in [0.5, 0.6) is 0 Å². The van der Waals surface area contributed by atoms with Crippen LogP contribution in [-0.2, 0) is 11.2 Å². The topological polar surface area (TPSA) is 104 Å². The van der Waals surface area contributed by atoms with Crippen molar-refractivity contribution in [2.75, 3.05) is 7.05 Å². The molecule has 132 valence electrons. The maximum absolute atomic E-state index is 12.5. The third kappa shape index (κ3) is 5.46. The molecule has 3 N–H and O–H groups in total. The average molecular weight is 360 g/mol. The van der Waals surface area contributed by atoms with Gasteiger partial charge >= 0.3 is 6.03 Å². The molecule has 1 aromatic carbocycles. The molecule has 0 aliphatic heterocycles. The van der Waals surface area contributed by atoms with Crippen LogP contribution in [0, 0.1) is 0 Å². The molecule has 2 aromatic rings. The van der Waals surface area contributed by atoms with Gasteiger partial charge in [0.05, 0.1) is 0 Å². The number of benzene rings is 1. The van der Waals surface area contributed by atoms with Crippen molar-refractivity contribution in [3.05, 3.63) is 58.0 Å². The zero-order valence-electron chi connectivity index (χ0n) is 14.0. The fourth-order valence-corrected chi connectivity index (χ4v) is 3.19. The highest BCUT2D eigenvalue weighted by atomic mass is 32.2. The monoisotopic (exact) mass is 360 g/mol. The Morgan fingerprint density at radius 3 is 2.64 bits per heavy atom. The van der Waals surface area contributed by atoms with E-state index in [1.807, 2.05) is 13.0 Å². The number of amides is 3. The average Bonchev–Trinajstić information content (AvgIpc) is 2.60. The lowest BCUT2D eigenvalue weighted by Gasteiger charge is -2.16. The van der Waals surface area contributed by atoms with Gasteiger partial charge in [0.25, 0.3) is 5.56 Å². The van der Waals surface area contributed by atoms with Gasteiger partial charge in [-0.2, -0.15) is 0 Å².